The molecule has 0 bridgehead atoms. The van der Waals surface area contributed by atoms with Crippen molar-refractivity contribution in [2.75, 3.05) is 5.32 Å². The molecule has 0 spiro atoms. The first-order valence-corrected chi connectivity index (χ1v) is 6.23. The molecule has 20 heavy (non-hydrogen) atoms. The summed E-state index contributed by atoms with van der Waals surface area (Å²) in [6, 6.07) is 10.5. The standard InChI is InChI=1S/C16H15N3O/c1-3-13-5-4-6-15(11-13)19-16(20)18-12(2)14-7-9-17-10-8-14/h1,4-12H,2H3,(H2,18,19,20)/t12-/m1/s1. The average molecular weight is 265 g/mol. The van der Waals surface area contributed by atoms with Gasteiger partial charge in [0.15, 0.2) is 0 Å². The molecule has 1 aromatic carbocycles. The topological polar surface area (TPSA) is 54.0 Å². The van der Waals surface area contributed by atoms with Crippen LogP contribution in [0.5, 0.6) is 0 Å². The quantitative estimate of drug-likeness (QED) is 0.838. The number of carbonyl (C=O) groups excluding carboxylic acids is 1. The van der Waals surface area contributed by atoms with Crippen molar-refractivity contribution in [2.24, 2.45) is 0 Å². The van der Waals surface area contributed by atoms with E-state index >= 15 is 0 Å². The number of terminal acetylenes is 1. The van der Waals surface area contributed by atoms with Crippen molar-refractivity contribution in [1.29, 1.82) is 0 Å². The molecule has 0 unspecified atom stereocenters. The molecule has 2 rings (SSSR count). The lowest BCUT2D eigenvalue weighted by Gasteiger charge is -2.14. The molecule has 0 aliphatic carbocycles. The predicted molar refractivity (Wildman–Crippen MR) is 79.2 cm³/mol. The molecule has 0 radical (unpaired) electrons. The summed E-state index contributed by atoms with van der Waals surface area (Å²) >= 11 is 0. The van der Waals surface area contributed by atoms with Crippen LogP contribution in [0.15, 0.2) is 48.8 Å². The van der Waals surface area contributed by atoms with E-state index in [9.17, 15) is 4.79 Å². The monoisotopic (exact) mass is 265 g/mol. The van der Waals surface area contributed by atoms with E-state index < -0.39 is 0 Å². The van der Waals surface area contributed by atoms with Gasteiger partial charge in [0.25, 0.3) is 0 Å². The van der Waals surface area contributed by atoms with Crippen molar-refractivity contribution in [3.8, 4) is 12.3 Å². The second-order valence-electron chi connectivity index (χ2n) is 4.33. The summed E-state index contributed by atoms with van der Waals surface area (Å²) in [6.07, 6.45) is 8.71. The molecule has 100 valence electrons. The molecule has 0 aliphatic rings. The largest absolute Gasteiger partial charge is 0.331 e. The Morgan fingerprint density at radius 3 is 2.75 bits per heavy atom. The Bertz CT molecular complexity index is 632. The van der Waals surface area contributed by atoms with Crippen LogP contribution < -0.4 is 10.6 Å². The highest BCUT2D eigenvalue weighted by Crippen LogP contribution is 2.12. The summed E-state index contributed by atoms with van der Waals surface area (Å²) in [5, 5.41) is 5.61. The number of amides is 2. The second-order valence-corrected chi connectivity index (χ2v) is 4.33. The summed E-state index contributed by atoms with van der Waals surface area (Å²) < 4.78 is 0. The van der Waals surface area contributed by atoms with Crippen molar-refractivity contribution >= 4 is 11.7 Å². The highest BCUT2D eigenvalue weighted by atomic mass is 16.2. The minimum atomic E-state index is -0.275. The third-order valence-corrected chi connectivity index (χ3v) is 2.84. The Hall–Kier alpha value is -2.80. The Balaban J connectivity index is 1.97. The lowest BCUT2D eigenvalue weighted by Crippen LogP contribution is -2.31. The first-order chi connectivity index (χ1) is 9.69. The van der Waals surface area contributed by atoms with E-state index in [1.165, 1.54) is 0 Å². The average Bonchev–Trinajstić information content (AvgIpc) is 2.48. The van der Waals surface area contributed by atoms with Crippen LogP contribution in [-0.4, -0.2) is 11.0 Å². The predicted octanol–water partition coefficient (Wildman–Crippen LogP) is 2.95. The van der Waals surface area contributed by atoms with E-state index in [4.69, 9.17) is 6.42 Å². The minimum Gasteiger partial charge on any atom is -0.331 e. The molecule has 1 heterocycles. The van der Waals surface area contributed by atoms with E-state index in [1.54, 1.807) is 30.6 Å². The van der Waals surface area contributed by atoms with Crippen LogP contribution in [0.2, 0.25) is 0 Å². The van der Waals surface area contributed by atoms with Crippen molar-refractivity contribution in [3.05, 3.63) is 59.9 Å². The molecular weight excluding hydrogens is 250 g/mol. The zero-order valence-electron chi connectivity index (χ0n) is 11.1. The van der Waals surface area contributed by atoms with Gasteiger partial charge in [0.1, 0.15) is 0 Å². The van der Waals surface area contributed by atoms with Crippen LogP contribution in [0.1, 0.15) is 24.1 Å². The van der Waals surface area contributed by atoms with Crippen LogP contribution in [0.4, 0.5) is 10.5 Å². The Morgan fingerprint density at radius 1 is 1.30 bits per heavy atom. The summed E-state index contributed by atoms with van der Waals surface area (Å²) in [6.45, 7) is 1.91. The number of carbonyl (C=O) groups is 1. The van der Waals surface area contributed by atoms with E-state index in [-0.39, 0.29) is 12.1 Å². The van der Waals surface area contributed by atoms with Crippen LogP contribution in [-0.2, 0) is 0 Å². The second kappa shape index (κ2) is 6.39. The van der Waals surface area contributed by atoms with Gasteiger partial charge in [-0.25, -0.2) is 4.79 Å². The van der Waals surface area contributed by atoms with Crippen LogP contribution in [0.3, 0.4) is 0 Å². The summed E-state index contributed by atoms with van der Waals surface area (Å²) in [5.41, 5.74) is 2.39. The smallest absolute Gasteiger partial charge is 0.319 e. The Labute approximate surface area is 118 Å². The summed E-state index contributed by atoms with van der Waals surface area (Å²) in [4.78, 5) is 15.9. The number of hydrogen-bond donors (Lipinski definition) is 2. The van der Waals surface area contributed by atoms with Gasteiger partial charge in [-0.1, -0.05) is 12.0 Å². The Kier molecular flexibility index (Phi) is 4.35. The molecule has 4 nitrogen and oxygen atoms in total. The van der Waals surface area contributed by atoms with E-state index in [0.29, 0.717) is 5.69 Å². The van der Waals surface area contributed by atoms with E-state index in [1.807, 2.05) is 25.1 Å². The number of nitrogens with zero attached hydrogens (tertiary/aromatic N) is 1. The molecule has 0 aliphatic heterocycles. The molecule has 4 heteroatoms. The lowest BCUT2D eigenvalue weighted by atomic mass is 10.1. The van der Waals surface area contributed by atoms with Crippen molar-refractivity contribution in [3.63, 3.8) is 0 Å². The number of rotatable bonds is 3. The van der Waals surface area contributed by atoms with Gasteiger partial charge < -0.3 is 10.6 Å². The maximum Gasteiger partial charge on any atom is 0.319 e. The third-order valence-electron chi connectivity index (χ3n) is 2.84. The lowest BCUT2D eigenvalue weighted by molar-refractivity contribution is 0.249. The number of pyridine rings is 1. The van der Waals surface area contributed by atoms with Gasteiger partial charge in [0.2, 0.25) is 0 Å². The molecule has 2 aromatic rings. The van der Waals surface area contributed by atoms with Gasteiger partial charge in [-0.3, -0.25) is 4.98 Å². The Morgan fingerprint density at radius 2 is 2.05 bits per heavy atom. The van der Waals surface area contributed by atoms with Crippen LogP contribution in [0.25, 0.3) is 0 Å². The number of nitrogens with one attached hydrogen (secondary N) is 2. The van der Waals surface area contributed by atoms with Crippen LogP contribution >= 0.6 is 0 Å². The first-order valence-electron chi connectivity index (χ1n) is 6.23. The number of aromatic nitrogens is 1. The fourth-order valence-corrected chi connectivity index (χ4v) is 1.79. The molecule has 0 fully saturated rings. The maximum absolute atomic E-state index is 11.9. The zero-order chi connectivity index (χ0) is 14.4. The van der Waals surface area contributed by atoms with Gasteiger partial charge in [-0.2, -0.15) is 0 Å². The highest BCUT2D eigenvalue weighted by molar-refractivity contribution is 5.89. The summed E-state index contributed by atoms with van der Waals surface area (Å²) in [5.74, 6) is 2.53. The number of anilines is 1. The van der Waals surface area contributed by atoms with E-state index in [0.717, 1.165) is 11.1 Å². The number of benzene rings is 1. The minimum absolute atomic E-state index is 0.103. The van der Waals surface area contributed by atoms with Gasteiger partial charge >= 0.3 is 6.03 Å². The molecule has 1 atom stereocenters. The molecule has 2 N–H and O–H groups in total. The fourth-order valence-electron chi connectivity index (χ4n) is 1.79. The van der Waals surface area contributed by atoms with Gasteiger partial charge in [0, 0.05) is 23.6 Å². The molecule has 2 amide bonds. The van der Waals surface area contributed by atoms with Crippen LogP contribution in [0, 0.1) is 12.3 Å². The van der Waals surface area contributed by atoms with E-state index in [2.05, 4.69) is 21.5 Å². The molecular formula is C16H15N3O. The fraction of sp³-hybridized carbons (Fsp3) is 0.125. The van der Waals surface area contributed by atoms with Gasteiger partial charge in [0.05, 0.1) is 6.04 Å². The first kappa shape index (κ1) is 13.6. The maximum atomic E-state index is 11.9. The van der Waals surface area contributed by atoms with Crippen molar-refractivity contribution in [2.45, 2.75) is 13.0 Å². The number of urea groups is 1. The zero-order valence-corrected chi connectivity index (χ0v) is 11.1. The SMILES string of the molecule is C#Cc1cccc(NC(=O)N[C@H](C)c2ccncc2)c1. The van der Waals surface area contributed by atoms with Crippen molar-refractivity contribution < 1.29 is 4.79 Å². The molecule has 0 saturated carbocycles. The van der Waals surface area contributed by atoms with Gasteiger partial charge in [-0.15, -0.1) is 6.42 Å². The van der Waals surface area contributed by atoms with Crippen molar-refractivity contribution in [1.82, 2.24) is 10.3 Å². The summed E-state index contributed by atoms with van der Waals surface area (Å²) in [7, 11) is 0. The number of hydrogen-bond acceptors (Lipinski definition) is 2. The third kappa shape index (κ3) is 3.59. The normalized spacial score (nSPS) is 11.2. The highest BCUT2D eigenvalue weighted by Gasteiger charge is 2.09. The molecule has 0 saturated heterocycles. The molecule has 1 aromatic heterocycles. The van der Waals surface area contributed by atoms with Gasteiger partial charge in [-0.05, 0) is 42.8 Å².